The molecule has 0 aromatic heterocycles. The molecule has 2 rings (SSSR count). The number of benzene rings is 1. The lowest BCUT2D eigenvalue weighted by molar-refractivity contribution is 0.407. The van der Waals surface area contributed by atoms with E-state index in [1.165, 1.54) is 12.1 Å². The van der Waals surface area contributed by atoms with E-state index in [9.17, 15) is 8.78 Å². The van der Waals surface area contributed by atoms with Crippen LogP contribution in [0.15, 0.2) is 17.0 Å². The van der Waals surface area contributed by atoms with Crippen LogP contribution in [0.3, 0.4) is 0 Å². The van der Waals surface area contributed by atoms with Crippen molar-refractivity contribution >= 4 is 11.8 Å². The Morgan fingerprint density at radius 3 is 2.44 bits per heavy atom. The summed E-state index contributed by atoms with van der Waals surface area (Å²) in [7, 11) is 0. The number of thioether (sulfide) groups is 1. The molecule has 1 unspecified atom stereocenters. The highest BCUT2D eigenvalue weighted by molar-refractivity contribution is 7.98. The van der Waals surface area contributed by atoms with Crippen molar-refractivity contribution in [2.45, 2.75) is 30.2 Å². The van der Waals surface area contributed by atoms with Gasteiger partial charge in [0.25, 0.3) is 0 Å². The minimum Gasteiger partial charge on any atom is -0.310 e. The van der Waals surface area contributed by atoms with E-state index in [1.54, 1.807) is 6.26 Å². The summed E-state index contributed by atoms with van der Waals surface area (Å²) in [6, 6.07) is 3.02. The van der Waals surface area contributed by atoms with Crippen LogP contribution in [0.1, 0.15) is 30.9 Å². The van der Waals surface area contributed by atoms with Crippen molar-refractivity contribution in [3.8, 4) is 0 Å². The molecule has 4 heteroatoms. The fourth-order valence-corrected chi connectivity index (χ4v) is 2.62. The highest BCUT2D eigenvalue weighted by atomic mass is 32.2. The van der Waals surface area contributed by atoms with E-state index >= 15 is 0 Å². The van der Waals surface area contributed by atoms with Gasteiger partial charge in [-0.15, -0.1) is 11.8 Å². The van der Waals surface area contributed by atoms with Crippen molar-refractivity contribution in [2.24, 2.45) is 0 Å². The van der Waals surface area contributed by atoms with Gasteiger partial charge in [-0.2, -0.15) is 0 Å². The molecule has 1 heterocycles. The molecular weight excluding hydrogens is 228 g/mol. The minimum atomic E-state index is -0.449. The summed E-state index contributed by atoms with van der Waals surface area (Å²) in [5.41, 5.74) is 0.729. The first-order valence-electron chi connectivity index (χ1n) is 5.48. The Morgan fingerprint density at radius 2 is 1.94 bits per heavy atom. The predicted octanol–water partition coefficient (Wildman–Crippen LogP) is 3.50. The molecule has 0 aliphatic carbocycles. The lowest BCUT2D eigenvalue weighted by Crippen LogP contribution is -2.27. The Hall–Kier alpha value is -0.610. The molecule has 1 N–H and O–H groups in total. The Balaban J connectivity index is 2.28. The quantitative estimate of drug-likeness (QED) is 0.798. The van der Waals surface area contributed by atoms with Crippen molar-refractivity contribution in [3.63, 3.8) is 0 Å². The lowest BCUT2D eigenvalue weighted by atomic mass is 9.97. The van der Waals surface area contributed by atoms with Gasteiger partial charge >= 0.3 is 0 Å². The van der Waals surface area contributed by atoms with Crippen molar-refractivity contribution in [2.75, 3.05) is 12.8 Å². The van der Waals surface area contributed by atoms with Gasteiger partial charge in [-0.1, -0.05) is 6.42 Å². The second kappa shape index (κ2) is 5.15. The standard InChI is InChI=1S/C12H15F2NS/c1-16-12-9(13)6-8(7-10(12)14)11-4-2-3-5-15-11/h6-7,11,15H,2-5H2,1H3. The number of hydrogen-bond acceptors (Lipinski definition) is 2. The molecule has 1 aromatic rings. The third-order valence-electron chi connectivity index (χ3n) is 2.94. The summed E-state index contributed by atoms with van der Waals surface area (Å²) < 4.78 is 27.2. The highest BCUT2D eigenvalue weighted by Gasteiger charge is 2.18. The van der Waals surface area contributed by atoms with Crippen LogP contribution in [-0.2, 0) is 0 Å². The SMILES string of the molecule is CSc1c(F)cc(C2CCCCN2)cc1F. The van der Waals surface area contributed by atoms with Gasteiger partial charge in [0.15, 0.2) is 0 Å². The molecule has 1 atom stereocenters. The molecule has 16 heavy (non-hydrogen) atoms. The second-order valence-corrected chi connectivity index (χ2v) is 4.84. The number of rotatable bonds is 2. The Bertz CT molecular complexity index is 352. The maximum atomic E-state index is 13.6. The van der Waals surface area contributed by atoms with Crippen molar-refractivity contribution < 1.29 is 8.78 Å². The van der Waals surface area contributed by atoms with E-state index in [-0.39, 0.29) is 10.9 Å². The molecule has 1 fully saturated rings. The van der Waals surface area contributed by atoms with Gasteiger partial charge in [0.1, 0.15) is 11.6 Å². The van der Waals surface area contributed by atoms with Crippen LogP contribution >= 0.6 is 11.8 Å². The molecule has 1 saturated heterocycles. The van der Waals surface area contributed by atoms with Crippen LogP contribution < -0.4 is 5.32 Å². The first kappa shape index (κ1) is 11.9. The first-order chi connectivity index (χ1) is 7.72. The maximum Gasteiger partial charge on any atom is 0.140 e. The average Bonchev–Trinajstić information content (AvgIpc) is 2.30. The van der Waals surface area contributed by atoms with E-state index in [0.29, 0.717) is 0 Å². The van der Waals surface area contributed by atoms with E-state index in [2.05, 4.69) is 5.32 Å². The van der Waals surface area contributed by atoms with Crippen LogP contribution in [0.5, 0.6) is 0 Å². The van der Waals surface area contributed by atoms with Crippen LogP contribution in [0.2, 0.25) is 0 Å². The Kier molecular flexibility index (Phi) is 3.82. The molecular formula is C12H15F2NS. The smallest absolute Gasteiger partial charge is 0.140 e. The molecule has 0 radical (unpaired) electrons. The highest BCUT2D eigenvalue weighted by Crippen LogP contribution is 2.29. The molecule has 1 aromatic carbocycles. The van der Waals surface area contributed by atoms with E-state index in [0.717, 1.165) is 43.1 Å². The molecule has 0 saturated carbocycles. The zero-order chi connectivity index (χ0) is 11.5. The van der Waals surface area contributed by atoms with Gasteiger partial charge < -0.3 is 5.32 Å². The summed E-state index contributed by atoms with van der Waals surface area (Å²) in [6.07, 6.45) is 4.90. The number of hydrogen-bond donors (Lipinski definition) is 1. The largest absolute Gasteiger partial charge is 0.310 e. The Labute approximate surface area is 98.6 Å². The monoisotopic (exact) mass is 243 g/mol. The van der Waals surface area contributed by atoms with E-state index in [1.807, 2.05) is 0 Å². The summed E-state index contributed by atoms with van der Waals surface area (Å²) >= 11 is 1.11. The molecule has 88 valence electrons. The van der Waals surface area contributed by atoms with Crippen LogP contribution in [0, 0.1) is 11.6 Å². The third kappa shape index (κ3) is 2.38. The second-order valence-electron chi connectivity index (χ2n) is 4.02. The molecule has 0 bridgehead atoms. The van der Waals surface area contributed by atoms with Gasteiger partial charge in [0, 0.05) is 6.04 Å². The fraction of sp³-hybridized carbons (Fsp3) is 0.500. The minimum absolute atomic E-state index is 0.105. The van der Waals surface area contributed by atoms with Crippen LogP contribution in [0.4, 0.5) is 8.78 Å². The van der Waals surface area contributed by atoms with Gasteiger partial charge in [0.2, 0.25) is 0 Å². The van der Waals surface area contributed by atoms with E-state index in [4.69, 9.17) is 0 Å². The normalized spacial score (nSPS) is 21.1. The molecule has 0 spiro atoms. The number of halogens is 2. The molecule has 1 aliphatic rings. The zero-order valence-corrected chi connectivity index (χ0v) is 10.0. The molecule has 1 aliphatic heterocycles. The summed E-state index contributed by atoms with van der Waals surface area (Å²) in [5, 5.41) is 3.29. The maximum absolute atomic E-state index is 13.6. The fourth-order valence-electron chi connectivity index (χ4n) is 2.11. The third-order valence-corrected chi connectivity index (χ3v) is 3.74. The van der Waals surface area contributed by atoms with Crippen LogP contribution in [-0.4, -0.2) is 12.8 Å². The van der Waals surface area contributed by atoms with Gasteiger partial charge in [0.05, 0.1) is 4.90 Å². The average molecular weight is 243 g/mol. The summed E-state index contributed by atoms with van der Waals surface area (Å²) in [5.74, 6) is -0.898. The van der Waals surface area contributed by atoms with Crippen LogP contribution in [0.25, 0.3) is 0 Å². The molecule has 0 amide bonds. The summed E-state index contributed by atoms with van der Waals surface area (Å²) in [4.78, 5) is 0.111. The van der Waals surface area contributed by atoms with Crippen molar-refractivity contribution in [1.82, 2.24) is 5.32 Å². The Morgan fingerprint density at radius 1 is 1.25 bits per heavy atom. The van der Waals surface area contributed by atoms with E-state index < -0.39 is 11.6 Å². The van der Waals surface area contributed by atoms with Gasteiger partial charge in [-0.05, 0) is 43.3 Å². The van der Waals surface area contributed by atoms with Gasteiger partial charge in [-0.3, -0.25) is 0 Å². The topological polar surface area (TPSA) is 12.0 Å². The number of nitrogens with one attached hydrogen (secondary N) is 1. The van der Waals surface area contributed by atoms with Gasteiger partial charge in [-0.25, -0.2) is 8.78 Å². The zero-order valence-electron chi connectivity index (χ0n) is 9.22. The lowest BCUT2D eigenvalue weighted by Gasteiger charge is -2.24. The van der Waals surface area contributed by atoms with Crippen molar-refractivity contribution in [1.29, 1.82) is 0 Å². The van der Waals surface area contributed by atoms with Crippen molar-refractivity contribution in [3.05, 3.63) is 29.3 Å². The number of piperidine rings is 1. The predicted molar refractivity (Wildman–Crippen MR) is 62.7 cm³/mol. The summed E-state index contributed by atoms with van der Waals surface area (Å²) in [6.45, 7) is 0.929. The first-order valence-corrected chi connectivity index (χ1v) is 6.71. The molecule has 1 nitrogen and oxygen atoms in total.